The van der Waals surface area contributed by atoms with E-state index in [-0.39, 0.29) is 5.97 Å². The van der Waals surface area contributed by atoms with Crippen molar-refractivity contribution >= 4 is 28.7 Å². The van der Waals surface area contributed by atoms with Crippen LogP contribution in [0.4, 0.5) is 5.13 Å². The van der Waals surface area contributed by atoms with Crippen LogP contribution >= 0.6 is 11.3 Å². The lowest BCUT2D eigenvalue weighted by molar-refractivity contribution is 0.0531. The molecular weight excluding hydrogens is 362 g/mol. The third kappa shape index (κ3) is 5.15. The highest BCUT2D eigenvalue weighted by molar-refractivity contribution is 7.17. The van der Waals surface area contributed by atoms with Crippen LogP contribution in [-0.4, -0.2) is 23.8 Å². The van der Waals surface area contributed by atoms with Crippen molar-refractivity contribution in [2.45, 2.75) is 13.8 Å². The molecule has 1 heterocycles. The Kier molecular flexibility index (Phi) is 6.17. The number of para-hydroxylation sites is 1. The molecule has 0 radical (unpaired) electrons. The van der Waals surface area contributed by atoms with Gasteiger partial charge in [0.15, 0.2) is 0 Å². The molecule has 0 aliphatic heterocycles. The van der Waals surface area contributed by atoms with Crippen molar-refractivity contribution in [2.75, 3.05) is 12.0 Å². The van der Waals surface area contributed by atoms with E-state index < -0.39 is 0 Å². The van der Waals surface area contributed by atoms with Gasteiger partial charge >= 0.3 is 5.97 Å². The second kappa shape index (κ2) is 8.95. The Morgan fingerprint density at radius 1 is 1.19 bits per heavy atom. The summed E-state index contributed by atoms with van der Waals surface area (Å²) in [5.74, 6) is 1.13. The molecule has 0 bridgehead atoms. The van der Waals surface area contributed by atoms with E-state index in [1.807, 2.05) is 54.6 Å². The van der Waals surface area contributed by atoms with Crippen LogP contribution in [0.5, 0.6) is 11.5 Å². The van der Waals surface area contributed by atoms with Gasteiger partial charge in [0.1, 0.15) is 16.4 Å². The maximum absolute atomic E-state index is 11.8. The Hall–Kier alpha value is -3.19. The zero-order valence-corrected chi connectivity index (χ0v) is 15.8. The molecule has 0 fully saturated rings. The molecule has 0 amide bonds. The fourth-order valence-corrected chi connectivity index (χ4v) is 3.09. The molecule has 3 aromatic rings. The molecule has 0 aliphatic carbocycles. The average Bonchev–Trinajstić information content (AvgIpc) is 3.04. The first-order valence-electron chi connectivity index (χ1n) is 8.42. The molecule has 0 unspecified atom stereocenters. The van der Waals surface area contributed by atoms with E-state index in [9.17, 15) is 4.79 Å². The number of carbonyl (C=O) groups excluding carboxylic acids is 1. The van der Waals surface area contributed by atoms with E-state index in [1.165, 1.54) is 11.3 Å². The Morgan fingerprint density at radius 3 is 2.74 bits per heavy atom. The van der Waals surface area contributed by atoms with Crippen LogP contribution in [0.25, 0.3) is 0 Å². The number of benzene rings is 2. The molecule has 3 rings (SSSR count). The lowest BCUT2D eigenvalue weighted by atomic mass is 10.2. The summed E-state index contributed by atoms with van der Waals surface area (Å²) in [7, 11) is 0. The summed E-state index contributed by atoms with van der Waals surface area (Å²) in [5, 5.41) is 4.72. The van der Waals surface area contributed by atoms with Gasteiger partial charge < -0.3 is 9.47 Å². The largest absolute Gasteiger partial charge is 0.462 e. The number of hydrogen-bond donors (Lipinski definition) is 1. The number of aromatic nitrogens is 1. The zero-order valence-electron chi connectivity index (χ0n) is 15.0. The Labute approximate surface area is 161 Å². The van der Waals surface area contributed by atoms with Gasteiger partial charge in [-0.15, -0.1) is 0 Å². The van der Waals surface area contributed by atoms with Crippen molar-refractivity contribution < 1.29 is 14.3 Å². The fraction of sp³-hybridized carbons (Fsp3) is 0.150. The Morgan fingerprint density at radius 2 is 1.96 bits per heavy atom. The number of carbonyl (C=O) groups is 1. The fourth-order valence-electron chi connectivity index (χ4n) is 2.28. The minimum absolute atomic E-state index is 0.332. The molecule has 1 aromatic heterocycles. The minimum atomic E-state index is -0.365. The molecule has 0 saturated carbocycles. The predicted molar refractivity (Wildman–Crippen MR) is 107 cm³/mol. The summed E-state index contributed by atoms with van der Waals surface area (Å²) in [6, 6.07) is 17.2. The first kappa shape index (κ1) is 18.6. The second-order valence-electron chi connectivity index (χ2n) is 5.51. The van der Waals surface area contributed by atoms with Gasteiger partial charge in [0.05, 0.1) is 18.5 Å². The van der Waals surface area contributed by atoms with Gasteiger partial charge in [-0.3, -0.25) is 5.43 Å². The van der Waals surface area contributed by atoms with E-state index in [0.29, 0.717) is 22.3 Å². The number of nitrogens with one attached hydrogen (secondary N) is 1. The van der Waals surface area contributed by atoms with Gasteiger partial charge in [-0.25, -0.2) is 9.78 Å². The molecule has 0 aliphatic rings. The van der Waals surface area contributed by atoms with Crippen LogP contribution in [0.2, 0.25) is 0 Å². The first-order chi connectivity index (χ1) is 13.2. The normalized spacial score (nSPS) is 10.7. The number of anilines is 1. The van der Waals surface area contributed by atoms with Gasteiger partial charge in [-0.2, -0.15) is 5.10 Å². The molecule has 0 spiro atoms. The van der Waals surface area contributed by atoms with E-state index in [1.54, 1.807) is 20.1 Å². The van der Waals surface area contributed by atoms with Crippen molar-refractivity contribution in [3.8, 4) is 11.5 Å². The van der Waals surface area contributed by atoms with Gasteiger partial charge in [-0.05, 0) is 43.7 Å². The highest BCUT2D eigenvalue weighted by atomic mass is 32.1. The van der Waals surface area contributed by atoms with Crippen LogP contribution in [0.15, 0.2) is 59.7 Å². The summed E-state index contributed by atoms with van der Waals surface area (Å²) in [4.78, 5) is 16.6. The van der Waals surface area contributed by atoms with Gasteiger partial charge in [0, 0.05) is 0 Å². The number of aryl methyl sites for hydroxylation is 1. The zero-order chi connectivity index (χ0) is 19.1. The number of hydrazone groups is 1. The topological polar surface area (TPSA) is 72.8 Å². The monoisotopic (exact) mass is 381 g/mol. The van der Waals surface area contributed by atoms with E-state index in [4.69, 9.17) is 9.47 Å². The number of nitrogens with zero attached hydrogens (tertiary/aromatic N) is 2. The van der Waals surface area contributed by atoms with Gasteiger partial charge in [0.2, 0.25) is 5.13 Å². The first-order valence-corrected chi connectivity index (χ1v) is 9.24. The highest BCUT2D eigenvalue weighted by Gasteiger charge is 2.15. The maximum atomic E-state index is 11.8. The van der Waals surface area contributed by atoms with Crippen LogP contribution in [0.3, 0.4) is 0 Å². The van der Waals surface area contributed by atoms with Crippen LogP contribution in [0.1, 0.15) is 27.9 Å². The summed E-state index contributed by atoms with van der Waals surface area (Å²) in [6.07, 6.45) is 1.67. The molecular formula is C20H19N3O3S. The number of esters is 1. The van der Waals surface area contributed by atoms with Crippen molar-refractivity contribution in [1.29, 1.82) is 0 Å². The smallest absolute Gasteiger partial charge is 0.350 e. The number of thiazole rings is 1. The molecule has 2 aromatic carbocycles. The Bertz CT molecular complexity index is 939. The van der Waals surface area contributed by atoms with Gasteiger partial charge in [-0.1, -0.05) is 41.7 Å². The van der Waals surface area contributed by atoms with Crippen molar-refractivity contribution in [1.82, 2.24) is 4.98 Å². The maximum Gasteiger partial charge on any atom is 0.350 e. The summed E-state index contributed by atoms with van der Waals surface area (Å²) < 4.78 is 10.8. The SMILES string of the molecule is CCOC(=O)c1sc(N/N=C/c2cccc(Oc3ccccc3)c2)nc1C. The lowest BCUT2D eigenvalue weighted by Crippen LogP contribution is -2.03. The van der Waals surface area contributed by atoms with E-state index in [0.717, 1.165) is 17.1 Å². The van der Waals surface area contributed by atoms with Gasteiger partial charge in [0.25, 0.3) is 0 Å². The molecule has 7 heteroatoms. The van der Waals surface area contributed by atoms with Crippen molar-refractivity contribution in [3.05, 3.63) is 70.7 Å². The van der Waals surface area contributed by atoms with Crippen LogP contribution < -0.4 is 10.2 Å². The van der Waals surface area contributed by atoms with Crippen LogP contribution in [0, 0.1) is 6.92 Å². The quantitative estimate of drug-likeness (QED) is 0.359. The third-order valence-corrected chi connectivity index (χ3v) is 4.51. The van der Waals surface area contributed by atoms with Crippen LogP contribution in [-0.2, 0) is 4.74 Å². The molecule has 0 atom stereocenters. The molecule has 1 N–H and O–H groups in total. The predicted octanol–water partition coefficient (Wildman–Crippen LogP) is 4.87. The molecule has 6 nitrogen and oxygen atoms in total. The molecule has 27 heavy (non-hydrogen) atoms. The van der Waals surface area contributed by atoms with Crippen molar-refractivity contribution in [2.24, 2.45) is 5.10 Å². The summed E-state index contributed by atoms with van der Waals surface area (Å²) in [6.45, 7) is 3.87. The third-order valence-electron chi connectivity index (χ3n) is 3.47. The second-order valence-corrected chi connectivity index (χ2v) is 6.51. The lowest BCUT2D eigenvalue weighted by Gasteiger charge is -2.05. The Balaban J connectivity index is 1.64. The minimum Gasteiger partial charge on any atom is -0.462 e. The summed E-state index contributed by atoms with van der Waals surface area (Å²) >= 11 is 1.21. The molecule has 0 saturated heterocycles. The number of ether oxygens (including phenoxy) is 2. The summed E-state index contributed by atoms with van der Waals surface area (Å²) in [5.41, 5.74) is 4.34. The standard InChI is InChI=1S/C20H19N3O3S/c1-3-25-19(24)18-14(2)22-20(27-18)23-21-13-15-8-7-11-17(12-15)26-16-9-5-4-6-10-16/h4-13H,3H2,1-2H3,(H,22,23)/b21-13+. The average molecular weight is 381 g/mol. The van der Waals surface area contributed by atoms with E-state index in [2.05, 4.69) is 15.5 Å². The molecule has 138 valence electrons. The van der Waals surface area contributed by atoms with E-state index >= 15 is 0 Å². The number of hydrogen-bond acceptors (Lipinski definition) is 7. The number of rotatable bonds is 7. The van der Waals surface area contributed by atoms with Crippen molar-refractivity contribution in [3.63, 3.8) is 0 Å². The highest BCUT2D eigenvalue weighted by Crippen LogP contribution is 2.24.